The molecule has 0 saturated carbocycles. The summed E-state index contributed by atoms with van der Waals surface area (Å²) in [4.78, 5) is 49.3. The van der Waals surface area contributed by atoms with E-state index in [0.717, 1.165) is 10.5 Å². The molecule has 1 aromatic heterocycles. The molecular weight excluding hydrogens is 410 g/mol. The lowest BCUT2D eigenvalue weighted by Gasteiger charge is -2.14. The van der Waals surface area contributed by atoms with Crippen LogP contribution in [0.1, 0.15) is 34.3 Å². The molecule has 0 unspecified atom stereocenters. The summed E-state index contributed by atoms with van der Waals surface area (Å²) in [6.07, 6.45) is 0.304. The number of imide groups is 1. The Balaban J connectivity index is 1.58. The molecule has 0 atom stereocenters. The highest BCUT2D eigenvalue weighted by molar-refractivity contribution is 6.32. The third kappa shape index (κ3) is 3.71. The first-order chi connectivity index (χ1) is 14.3. The molecule has 2 aromatic carbocycles. The third-order valence-corrected chi connectivity index (χ3v) is 5.27. The molecule has 0 bridgehead atoms. The van der Waals surface area contributed by atoms with Crippen LogP contribution >= 0.6 is 11.6 Å². The summed E-state index contributed by atoms with van der Waals surface area (Å²) in [5.74, 6) is -1.27. The predicted octanol–water partition coefficient (Wildman–Crippen LogP) is 3.77. The summed E-state index contributed by atoms with van der Waals surface area (Å²) in [6, 6.07) is 10.7. The molecular formula is C22H16ClNO6. The fourth-order valence-corrected chi connectivity index (χ4v) is 3.49. The molecule has 7 nitrogen and oxygen atoms in total. The number of ether oxygens (including phenoxy) is 1. The summed E-state index contributed by atoms with van der Waals surface area (Å²) in [7, 11) is 0. The van der Waals surface area contributed by atoms with Crippen LogP contribution in [-0.2, 0) is 20.9 Å². The molecule has 0 radical (unpaired) electrons. The van der Waals surface area contributed by atoms with E-state index in [4.69, 9.17) is 20.8 Å². The average molecular weight is 426 g/mol. The molecule has 152 valence electrons. The highest BCUT2D eigenvalue weighted by Crippen LogP contribution is 2.26. The summed E-state index contributed by atoms with van der Waals surface area (Å²) in [6.45, 7) is 1.61. The number of carbonyl (C=O) groups is 3. The zero-order valence-corrected chi connectivity index (χ0v) is 16.7. The van der Waals surface area contributed by atoms with Crippen molar-refractivity contribution in [2.75, 3.05) is 4.90 Å². The standard InChI is InChI=1S/C22H16ClNO6/c1-12-7-18-16(10-17(12)23)14(9-21(27)30-18)11-29-22(28)13-3-2-4-15(8-13)24-19(25)5-6-20(24)26/h2-4,7-10H,5-6,11H2,1H3. The largest absolute Gasteiger partial charge is 0.457 e. The van der Waals surface area contributed by atoms with Crippen LogP contribution < -0.4 is 10.5 Å². The van der Waals surface area contributed by atoms with Crippen molar-refractivity contribution in [3.8, 4) is 0 Å². The zero-order valence-electron chi connectivity index (χ0n) is 15.9. The minimum atomic E-state index is -0.657. The summed E-state index contributed by atoms with van der Waals surface area (Å²) >= 11 is 6.17. The first-order valence-electron chi connectivity index (χ1n) is 9.19. The summed E-state index contributed by atoms with van der Waals surface area (Å²) in [5, 5.41) is 1.07. The van der Waals surface area contributed by atoms with Crippen LogP contribution in [0.4, 0.5) is 5.69 Å². The number of benzene rings is 2. The van der Waals surface area contributed by atoms with Gasteiger partial charge in [0.1, 0.15) is 12.2 Å². The van der Waals surface area contributed by atoms with Crippen molar-refractivity contribution in [1.29, 1.82) is 0 Å². The second-order valence-corrected chi connectivity index (χ2v) is 7.34. The van der Waals surface area contributed by atoms with Crippen molar-refractivity contribution in [2.45, 2.75) is 26.4 Å². The Bertz CT molecular complexity index is 1250. The first kappa shape index (κ1) is 19.8. The number of fused-ring (bicyclic) bond motifs is 1. The Hall–Kier alpha value is -3.45. The van der Waals surface area contributed by atoms with Crippen LogP contribution in [-0.4, -0.2) is 17.8 Å². The second-order valence-electron chi connectivity index (χ2n) is 6.94. The van der Waals surface area contributed by atoms with Gasteiger partial charge in [0.15, 0.2) is 0 Å². The van der Waals surface area contributed by atoms with Gasteiger partial charge in [-0.05, 0) is 42.8 Å². The number of nitrogens with zero attached hydrogens (tertiary/aromatic N) is 1. The Morgan fingerprint density at radius 2 is 1.83 bits per heavy atom. The predicted molar refractivity (Wildman–Crippen MR) is 110 cm³/mol. The van der Waals surface area contributed by atoms with Gasteiger partial charge in [0.05, 0.1) is 11.3 Å². The lowest BCUT2D eigenvalue weighted by atomic mass is 10.1. The molecule has 1 aliphatic rings. The molecule has 0 spiro atoms. The number of hydrogen-bond acceptors (Lipinski definition) is 6. The van der Waals surface area contributed by atoms with E-state index in [0.29, 0.717) is 27.2 Å². The van der Waals surface area contributed by atoms with E-state index < -0.39 is 11.6 Å². The van der Waals surface area contributed by atoms with Crippen molar-refractivity contribution < 1.29 is 23.5 Å². The van der Waals surface area contributed by atoms with Gasteiger partial charge in [-0.15, -0.1) is 0 Å². The lowest BCUT2D eigenvalue weighted by Crippen LogP contribution is -2.28. The van der Waals surface area contributed by atoms with Gasteiger partial charge in [0.25, 0.3) is 0 Å². The Kier molecular flexibility index (Phi) is 5.13. The maximum absolute atomic E-state index is 12.6. The SMILES string of the molecule is Cc1cc2oc(=O)cc(COC(=O)c3cccc(N4C(=O)CCC4=O)c3)c2cc1Cl. The quantitative estimate of drug-likeness (QED) is 0.359. The molecule has 2 heterocycles. The van der Waals surface area contributed by atoms with Gasteiger partial charge in [-0.1, -0.05) is 17.7 Å². The minimum Gasteiger partial charge on any atom is -0.457 e. The van der Waals surface area contributed by atoms with E-state index >= 15 is 0 Å². The van der Waals surface area contributed by atoms with Crippen molar-refractivity contribution in [3.05, 3.63) is 74.6 Å². The molecule has 0 aliphatic carbocycles. The van der Waals surface area contributed by atoms with Gasteiger partial charge < -0.3 is 9.15 Å². The maximum atomic E-state index is 12.6. The monoisotopic (exact) mass is 425 g/mol. The molecule has 3 aromatic rings. The van der Waals surface area contributed by atoms with Gasteiger partial charge in [-0.3, -0.25) is 14.5 Å². The van der Waals surface area contributed by atoms with Crippen LogP contribution in [0.15, 0.2) is 51.7 Å². The van der Waals surface area contributed by atoms with Crippen molar-refractivity contribution in [3.63, 3.8) is 0 Å². The molecule has 2 amide bonds. The smallest absolute Gasteiger partial charge is 0.338 e. The number of amides is 2. The normalized spacial score (nSPS) is 13.9. The fourth-order valence-electron chi connectivity index (χ4n) is 3.33. The van der Waals surface area contributed by atoms with Crippen LogP contribution in [0.3, 0.4) is 0 Å². The number of anilines is 1. The van der Waals surface area contributed by atoms with E-state index in [2.05, 4.69) is 0 Å². The number of esters is 1. The molecule has 8 heteroatoms. The summed E-state index contributed by atoms with van der Waals surface area (Å²) in [5.41, 5.74) is 1.50. The zero-order chi connectivity index (χ0) is 21.4. The highest BCUT2D eigenvalue weighted by Gasteiger charge is 2.30. The number of rotatable bonds is 4. The number of halogens is 1. The van der Waals surface area contributed by atoms with Gasteiger partial charge >= 0.3 is 11.6 Å². The van der Waals surface area contributed by atoms with Crippen molar-refractivity contribution >= 4 is 46.0 Å². The van der Waals surface area contributed by atoms with Crippen LogP contribution in [0.25, 0.3) is 11.0 Å². The Labute approximate surface area is 175 Å². The maximum Gasteiger partial charge on any atom is 0.338 e. The minimum absolute atomic E-state index is 0.152. The molecule has 1 fully saturated rings. The third-order valence-electron chi connectivity index (χ3n) is 4.86. The van der Waals surface area contributed by atoms with Gasteiger partial charge in [-0.2, -0.15) is 0 Å². The molecule has 1 saturated heterocycles. The average Bonchev–Trinajstić information content (AvgIpc) is 3.05. The lowest BCUT2D eigenvalue weighted by molar-refractivity contribution is -0.121. The topological polar surface area (TPSA) is 93.9 Å². The second kappa shape index (κ2) is 7.76. The summed E-state index contributed by atoms with van der Waals surface area (Å²) < 4.78 is 10.6. The number of hydrogen-bond donors (Lipinski definition) is 0. The van der Waals surface area contributed by atoms with Gasteiger partial charge in [-0.25, -0.2) is 9.59 Å². The Morgan fingerprint density at radius 3 is 2.57 bits per heavy atom. The molecule has 4 rings (SSSR count). The molecule has 30 heavy (non-hydrogen) atoms. The van der Waals surface area contributed by atoms with Gasteiger partial charge in [0, 0.05) is 34.9 Å². The van der Waals surface area contributed by atoms with Crippen LogP contribution in [0.5, 0.6) is 0 Å². The van der Waals surface area contributed by atoms with Crippen LogP contribution in [0, 0.1) is 6.92 Å². The molecule has 1 aliphatic heterocycles. The number of aryl methyl sites for hydroxylation is 1. The Morgan fingerprint density at radius 1 is 1.10 bits per heavy atom. The van der Waals surface area contributed by atoms with E-state index in [9.17, 15) is 19.2 Å². The highest BCUT2D eigenvalue weighted by atomic mass is 35.5. The molecule has 0 N–H and O–H groups in total. The van der Waals surface area contributed by atoms with E-state index in [-0.39, 0.29) is 36.8 Å². The first-order valence-corrected chi connectivity index (χ1v) is 9.57. The van der Waals surface area contributed by atoms with E-state index in [1.807, 2.05) is 0 Å². The fraction of sp³-hybridized carbons (Fsp3) is 0.182. The van der Waals surface area contributed by atoms with E-state index in [1.54, 1.807) is 31.2 Å². The van der Waals surface area contributed by atoms with Gasteiger partial charge in [0.2, 0.25) is 11.8 Å². The van der Waals surface area contributed by atoms with Crippen LogP contribution in [0.2, 0.25) is 5.02 Å². The van der Waals surface area contributed by atoms with Crippen molar-refractivity contribution in [2.24, 2.45) is 0 Å². The van der Waals surface area contributed by atoms with Crippen molar-refractivity contribution in [1.82, 2.24) is 0 Å². The number of carbonyl (C=O) groups excluding carboxylic acids is 3. The van der Waals surface area contributed by atoms with E-state index in [1.165, 1.54) is 18.2 Å².